The van der Waals surface area contributed by atoms with Crippen LogP contribution in [0.15, 0.2) is 11.6 Å². The number of ether oxygens (including phenoxy) is 1. The van der Waals surface area contributed by atoms with E-state index in [2.05, 4.69) is 33.8 Å². The lowest BCUT2D eigenvalue weighted by Crippen LogP contribution is -2.38. The van der Waals surface area contributed by atoms with Crippen LogP contribution in [-0.2, 0) is 9.53 Å². The van der Waals surface area contributed by atoms with E-state index in [1.54, 1.807) is 0 Å². The Labute approximate surface area is 105 Å². The second-order valence-electron chi connectivity index (χ2n) is 5.44. The van der Waals surface area contributed by atoms with Crippen LogP contribution in [0.4, 0.5) is 0 Å². The van der Waals surface area contributed by atoms with Gasteiger partial charge in [-0.2, -0.15) is 0 Å². The van der Waals surface area contributed by atoms with Crippen LogP contribution < -0.4 is 0 Å². The number of carbonyl (C=O) groups excluding carboxylic acids is 1. The van der Waals surface area contributed by atoms with Crippen LogP contribution in [-0.4, -0.2) is 12.6 Å². The number of esters is 1. The molecule has 1 aliphatic rings. The molecule has 17 heavy (non-hydrogen) atoms. The van der Waals surface area contributed by atoms with Gasteiger partial charge in [0.25, 0.3) is 0 Å². The first-order valence-electron chi connectivity index (χ1n) is 6.89. The lowest BCUT2D eigenvalue weighted by molar-refractivity contribution is -0.158. The molecule has 0 fully saturated rings. The van der Waals surface area contributed by atoms with Crippen molar-refractivity contribution in [2.75, 3.05) is 6.61 Å². The van der Waals surface area contributed by atoms with Crippen molar-refractivity contribution in [3.63, 3.8) is 0 Å². The van der Waals surface area contributed by atoms with Crippen LogP contribution in [0.3, 0.4) is 0 Å². The molecule has 0 aromatic carbocycles. The summed E-state index contributed by atoms with van der Waals surface area (Å²) in [5.74, 6) is 0.379. The van der Waals surface area contributed by atoms with Crippen molar-refractivity contribution in [1.82, 2.24) is 0 Å². The third kappa shape index (κ3) is 3.34. The molecule has 2 atom stereocenters. The van der Waals surface area contributed by atoms with E-state index in [-0.39, 0.29) is 11.4 Å². The summed E-state index contributed by atoms with van der Waals surface area (Å²) in [4.78, 5) is 12.2. The summed E-state index contributed by atoms with van der Waals surface area (Å²) < 4.78 is 5.42. The minimum Gasteiger partial charge on any atom is -0.465 e. The molecule has 0 heterocycles. The second kappa shape index (κ2) is 6.23. The Kier molecular flexibility index (Phi) is 5.23. The number of carbonyl (C=O) groups is 1. The average Bonchev–Trinajstić information content (AvgIpc) is 2.33. The van der Waals surface area contributed by atoms with E-state index in [9.17, 15) is 4.79 Å². The molecule has 2 heteroatoms. The van der Waals surface area contributed by atoms with Gasteiger partial charge >= 0.3 is 5.97 Å². The van der Waals surface area contributed by atoms with Crippen molar-refractivity contribution in [2.24, 2.45) is 11.3 Å². The molecule has 2 unspecified atom stereocenters. The fourth-order valence-corrected chi connectivity index (χ4v) is 2.34. The van der Waals surface area contributed by atoms with Gasteiger partial charge in [0.1, 0.15) is 0 Å². The Morgan fingerprint density at radius 1 is 1.53 bits per heavy atom. The first-order chi connectivity index (χ1) is 8.04. The molecule has 0 aliphatic heterocycles. The molecular formula is C15H26O2. The quantitative estimate of drug-likeness (QED) is 0.409. The zero-order valence-electron chi connectivity index (χ0n) is 11.7. The number of hydrogen-bond donors (Lipinski definition) is 0. The first-order valence-corrected chi connectivity index (χ1v) is 6.89. The number of hydrogen-bond acceptors (Lipinski definition) is 2. The maximum atomic E-state index is 12.2. The summed E-state index contributed by atoms with van der Waals surface area (Å²) in [6, 6.07) is 0. The first kappa shape index (κ1) is 14.3. The molecule has 2 nitrogen and oxygen atoms in total. The van der Waals surface area contributed by atoms with Crippen molar-refractivity contribution in [3.8, 4) is 0 Å². The standard InChI is InChI=1S/C15H26O2/c1-5-7-10-17-14(16)15(4)11-13(6-2)9-8-12(15)3/h9,12H,5-8,10-11H2,1-4H3. The molecule has 1 rings (SSSR count). The van der Waals surface area contributed by atoms with E-state index in [0.29, 0.717) is 12.5 Å². The molecular weight excluding hydrogens is 212 g/mol. The normalized spacial score (nSPS) is 28.7. The Morgan fingerprint density at radius 2 is 2.24 bits per heavy atom. The topological polar surface area (TPSA) is 26.3 Å². The highest BCUT2D eigenvalue weighted by molar-refractivity contribution is 5.77. The van der Waals surface area contributed by atoms with E-state index in [4.69, 9.17) is 4.74 Å². The molecule has 98 valence electrons. The molecule has 0 saturated heterocycles. The van der Waals surface area contributed by atoms with Crippen LogP contribution >= 0.6 is 0 Å². The average molecular weight is 238 g/mol. The smallest absolute Gasteiger partial charge is 0.312 e. The summed E-state index contributed by atoms with van der Waals surface area (Å²) >= 11 is 0. The van der Waals surface area contributed by atoms with Crippen LogP contribution in [0.2, 0.25) is 0 Å². The third-order valence-electron chi connectivity index (χ3n) is 4.09. The number of allylic oxidation sites excluding steroid dienone is 2. The SMILES string of the molecule is CCCCOC(=O)C1(C)CC(CC)=CCC1C. The van der Waals surface area contributed by atoms with Crippen molar-refractivity contribution in [2.45, 2.75) is 59.8 Å². The van der Waals surface area contributed by atoms with Gasteiger partial charge in [0.05, 0.1) is 12.0 Å². The minimum atomic E-state index is -0.312. The fourth-order valence-electron chi connectivity index (χ4n) is 2.34. The Bertz CT molecular complexity index is 293. The monoisotopic (exact) mass is 238 g/mol. The van der Waals surface area contributed by atoms with Crippen molar-refractivity contribution in [3.05, 3.63) is 11.6 Å². The summed E-state index contributed by atoms with van der Waals surface area (Å²) in [5.41, 5.74) is 1.09. The maximum Gasteiger partial charge on any atom is 0.312 e. The third-order valence-corrected chi connectivity index (χ3v) is 4.09. The van der Waals surface area contributed by atoms with Gasteiger partial charge in [0, 0.05) is 0 Å². The van der Waals surface area contributed by atoms with E-state index in [1.165, 1.54) is 5.57 Å². The number of unbranched alkanes of at least 4 members (excludes halogenated alkanes) is 1. The molecule has 0 radical (unpaired) electrons. The summed E-state index contributed by atoms with van der Waals surface area (Å²) in [6.07, 6.45) is 7.25. The minimum absolute atomic E-state index is 0.00231. The summed E-state index contributed by atoms with van der Waals surface area (Å²) in [6.45, 7) is 9.06. The van der Waals surface area contributed by atoms with Crippen molar-refractivity contribution < 1.29 is 9.53 Å². The molecule has 0 bridgehead atoms. The van der Waals surface area contributed by atoms with Gasteiger partial charge < -0.3 is 4.74 Å². The Hall–Kier alpha value is -0.790. The predicted octanol–water partition coefficient (Wildman–Crippen LogP) is 4.10. The Morgan fingerprint density at radius 3 is 2.82 bits per heavy atom. The van der Waals surface area contributed by atoms with E-state index >= 15 is 0 Å². The van der Waals surface area contributed by atoms with Gasteiger partial charge in [0.15, 0.2) is 0 Å². The molecule has 0 spiro atoms. The lowest BCUT2D eigenvalue weighted by atomic mass is 9.68. The Balaban J connectivity index is 2.65. The molecule has 0 aromatic heterocycles. The van der Waals surface area contributed by atoms with Crippen molar-refractivity contribution >= 4 is 5.97 Å². The van der Waals surface area contributed by atoms with E-state index in [1.807, 2.05) is 0 Å². The van der Waals surface area contributed by atoms with E-state index in [0.717, 1.165) is 32.1 Å². The van der Waals surface area contributed by atoms with Gasteiger partial charge in [-0.1, -0.05) is 38.8 Å². The lowest BCUT2D eigenvalue weighted by Gasteiger charge is -2.37. The second-order valence-corrected chi connectivity index (χ2v) is 5.44. The van der Waals surface area contributed by atoms with Gasteiger partial charge in [-0.15, -0.1) is 0 Å². The van der Waals surface area contributed by atoms with Gasteiger partial charge in [-0.05, 0) is 38.5 Å². The van der Waals surface area contributed by atoms with Gasteiger partial charge in [-0.3, -0.25) is 4.79 Å². The van der Waals surface area contributed by atoms with Crippen LogP contribution in [0.25, 0.3) is 0 Å². The summed E-state index contributed by atoms with van der Waals surface area (Å²) in [5, 5.41) is 0. The molecule has 0 saturated carbocycles. The highest BCUT2D eigenvalue weighted by Gasteiger charge is 2.42. The molecule has 0 aromatic rings. The van der Waals surface area contributed by atoms with Gasteiger partial charge in [-0.25, -0.2) is 0 Å². The zero-order valence-corrected chi connectivity index (χ0v) is 11.7. The van der Waals surface area contributed by atoms with Crippen LogP contribution in [0.1, 0.15) is 59.8 Å². The highest BCUT2D eigenvalue weighted by atomic mass is 16.5. The largest absolute Gasteiger partial charge is 0.465 e. The maximum absolute atomic E-state index is 12.2. The highest BCUT2D eigenvalue weighted by Crippen LogP contribution is 2.42. The fraction of sp³-hybridized carbons (Fsp3) is 0.800. The van der Waals surface area contributed by atoms with Crippen molar-refractivity contribution in [1.29, 1.82) is 0 Å². The molecule has 0 N–H and O–H groups in total. The van der Waals surface area contributed by atoms with Gasteiger partial charge in [0.2, 0.25) is 0 Å². The molecule has 0 amide bonds. The summed E-state index contributed by atoms with van der Waals surface area (Å²) in [7, 11) is 0. The zero-order chi connectivity index (χ0) is 12.9. The van der Waals surface area contributed by atoms with Crippen LogP contribution in [0, 0.1) is 11.3 Å². The van der Waals surface area contributed by atoms with E-state index < -0.39 is 0 Å². The predicted molar refractivity (Wildman–Crippen MR) is 70.7 cm³/mol. The molecule has 1 aliphatic carbocycles. The van der Waals surface area contributed by atoms with Crippen LogP contribution in [0.5, 0.6) is 0 Å². The number of rotatable bonds is 5.